The monoisotopic (exact) mass is 714 g/mol. The minimum Gasteiger partial charge on any atom is -0.207 e. The summed E-state index contributed by atoms with van der Waals surface area (Å²) in [6.45, 7) is 0. The van der Waals surface area contributed by atoms with Crippen molar-refractivity contribution in [2.75, 3.05) is 0 Å². The number of hydrogen-bond donors (Lipinski definition) is 0. The van der Waals surface area contributed by atoms with Crippen molar-refractivity contribution in [2.24, 2.45) is 0 Å². The summed E-state index contributed by atoms with van der Waals surface area (Å²) in [7, 11) is 0. The summed E-state index contributed by atoms with van der Waals surface area (Å²) < 4.78 is 227. The maximum atomic E-state index is 16.3. The number of fused-ring (bicyclic) bond motifs is 4. The van der Waals surface area contributed by atoms with Crippen molar-refractivity contribution in [2.45, 2.75) is 5.92 Å². The van der Waals surface area contributed by atoms with Crippen molar-refractivity contribution in [3.63, 3.8) is 0 Å². The van der Waals surface area contributed by atoms with Gasteiger partial charge in [-0.1, -0.05) is 24.3 Å². The normalized spacial score (nSPS) is 13.3. The lowest BCUT2D eigenvalue weighted by atomic mass is 9.82. The quantitative estimate of drug-likeness (QED) is 0.0973. The molecule has 0 aliphatic heterocycles. The van der Waals surface area contributed by atoms with E-state index in [1.807, 2.05) is 0 Å². The molecule has 0 heterocycles. The first kappa shape index (κ1) is 33.0. The number of alkyl halides is 2. The Hall–Kier alpha value is -5.47. The van der Waals surface area contributed by atoms with Gasteiger partial charge >= 0.3 is 5.92 Å². The maximum absolute atomic E-state index is 16.3. The Morgan fingerprint density at radius 3 is 1.50 bits per heavy atom. The lowest BCUT2D eigenvalue weighted by Crippen LogP contribution is -2.18. The fraction of sp³-hybridized carbons (Fsp3) is 0.0286. The number of hydrogen-bond acceptors (Lipinski definition) is 0. The lowest BCUT2D eigenvalue weighted by Gasteiger charge is -2.23. The van der Waals surface area contributed by atoms with Gasteiger partial charge in [-0.3, -0.25) is 0 Å². The first-order valence-corrected chi connectivity index (χ1v) is 13.8. The zero-order chi connectivity index (χ0) is 36.3. The van der Waals surface area contributed by atoms with Crippen LogP contribution in [0.1, 0.15) is 11.1 Å². The average molecular weight is 714 g/mol. The molecule has 0 atom stereocenters. The molecule has 1 aliphatic rings. The summed E-state index contributed by atoms with van der Waals surface area (Å²) in [5.41, 5.74) is -15.4. The van der Waals surface area contributed by atoms with E-state index >= 15 is 30.7 Å². The standard InChI is InChI=1S/C35H9F15/c36-10-6-15-12(4-5-17(38)21(15)18(39)8-10)13-2-1-3-14(16-7-11(37)9-19(40)27(16)41)20(13)22-25-23(29(43)32(46)28(22)42)24-26(35(25,49)50)31(45)34(48)33(47)30(24)44/h1-9H. The Morgan fingerprint density at radius 2 is 0.860 bits per heavy atom. The van der Waals surface area contributed by atoms with E-state index in [1.165, 1.54) is 0 Å². The SMILES string of the molecule is Fc1cc(F)c(F)c(-c2cccc(-c3ccc(F)c4c(F)cc(F)cc34)c2-c2c(F)c(F)c(F)c3c2C(F)(F)c2c(F)c(F)c(F)c(F)c2-3)c1. The number of halogens is 15. The molecular weight excluding hydrogens is 705 g/mol. The largest absolute Gasteiger partial charge is 0.303 e. The third-order valence-electron chi connectivity index (χ3n) is 8.34. The van der Waals surface area contributed by atoms with Gasteiger partial charge in [0.25, 0.3) is 0 Å². The number of benzene rings is 6. The average Bonchev–Trinajstić information content (AvgIpc) is 3.30. The molecule has 0 saturated heterocycles. The predicted octanol–water partition coefficient (Wildman–Crippen LogP) is 11.8. The fourth-order valence-corrected chi connectivity index (χ4v) is 6.35. The van der Waals surface area contributed by atoms with Gasteiger partial charge in [-0.05, 0) is 40.3 Å². The molecular formula is C35H9F15. The highest BCUT2D eigenvalue weighted by atomic mass is 19.3. The molecule has 0 fully saturated rings. The molecule has 0 aromatic heterocycles. The van der Waals surface area contributed by atoms with Gasteiger partial charge in [0.2, 0.25) is 0 Å². The first-order valence-electron chi connectivity index (χ1n) is 13.8. The van der Waals surface area contributed by atoms with Gasteiger partial charge in [0.15, 0.2) is 52.4 Å². The van der Waals surface area contributed by atoms with Crippen LogP contribution < -0.4 is 0 Å². The zero-order valence-electron chi connectivity index (χ0n) is 23.9. The maximum Gasteiger partial charge on any atom is 0.303 e. The van der Waals surface area contributed by atoms with Crippen LogP contribution in [0.3, 0.4) is 0 Å². The molecule has 0 amide bonds. The smallest absolute Gasteiger partial charge is 0.207 e. The van der Waals surface area contributed by atoms with E-state index in [1.54, 1.807) is 0 Å². The molecule has 7 rings (SSSR count). The van der Waals surface area contributed by atoms with Crippen LogP contribution in [0.4, 0.5) is 65.9 Å². The van der Waals surface area contributed by atoms with Crippen LogP contribution in [-0.4, -0.2) is 0 Å². The van der Waals surface area contributed by atoms with E-state index in [-0.39, 0.29) is 18.2 Å². The Bertz CT molecular complexity index is 2500. The van der Waals surface area contributed by atoms with Gasteiger partial charge in [-0.2, -0.15) is 8.78 Å². The third-order valence-corrected chi connectivity index (χ3v) is 8.34. The molecule has 0 nitrogen and oxygen atoms in total. The second-order valence-electron chi connectivity index (χ2n) is 11.0. The summed E-state index contributed by atoms with van der Waals surface area (Å²) in [6.07, 6.45) is 0. The molecule has 0 spiro atoms. The van der Waals surface area contributed by atoms with Crippen LogP contribution in [0, 0.1) is 75.6 Å². The summed E-state index contributed by atoms with van der Waals surface area (Å²) >= 11 is 0. The van der Waals surface area contributed by atoms with Crippen molar-refractivity contribution in [1.82, 2.24) is 0 Å². The van der Waals surface area contributed by atoms with Crippen LogP contribution in [0.25, 0.3) is 55.3 Å². The summed E-state index contributed by atoms with van der Waals surface area (Å²) in [5, 5.41) is -1.67. The molecule has 6 aromatic carbocycles. The lowest BCUT2D eigenvalue weighted by molar-refractivity contribution is 0.0430. The highest BCUT2D eigenvalue weighted by Gasteiger charge is 2.55. The highest BCUT2D eigenvalue weighted by molar-refractivity contribution is 6.06. The van der Waals surface area contributed by atoms with Crippen LogP contribution in [-0.2, 0) is 5.92 Å². The minimum atomic E-state index is -5.27. The second kappa shape index (κ2) is 11.0. The first-order chi connectivity index (χ1) is 23.5. The molecule has 254 valence electrons. The van der Waals surface area contributed by atoms with Crippen LogP contribution in [0.2, 0.25) is 0 Å². The zero-order valence-corrected chi connectivity index (χ0v) is 23.9. The molecule has 0 saturated carbocycles. The van der Waals surface area contributed by atoms with Crippen molar-refractivity contribution in [1.29, 1.82) is 0 Å². The van der Waals surface area contributed by atoms with Gasteiger partial charge in [0.1, 0.15) is 23.3 Å². The Balaban J connectivity index is 1.75. The van der Waals surface area contributed by atoms with E-state index in [9.17, 15) is 35.1 Å². The summed E-state index contributed by atoms with van der Waals surface area (Å²) in [4.78, 5) is 0. The van der Waals surface area contributed by atoms with Crippen LogP contribution in [0.5, 0.6) is 0 Å². The van der Waals surface area contributed by atoms with E-state index in [0.717, 1.165) is 18.2 Å². The Kier molecular flexibility index (Phi) is 7.28. The molecule has 1 aliphatic carbocycles. The van der Waals surface area contributed by atoms with E-state index < -0.39 is 148 Å². The molecule has 0 bridgehead atoms. The van der Waals surface area contributed by atoms with Gasteiger partial charge < -0.3 is 0 Å². The van der Waals surface area contributed by atoms with Crippen molar-refractivity contribution < 1.29 is 65.9 Å². The number of rotatable bonds is 3. The van der Waals surface area contributed by atoms with Crippen molar-refractivity contribution in [3.05, 3.63) is 141 Å². The molecule has 0 N–H and O–H groups in total. The third kappa shape index (κ3) is 4.37. The van der Waals surface area contributed by atoms with Gasteiger partial charge in [0.05, 0.1) is 10.9 Å². The Labute approximate surface area is 268 Å². The van der Waals surface area contributed by atoms with Gasteiger partial charge in [0, 0.05) is 45.5 Å². The fourth-order valence-electron chi connectivity index (χ4n) is 6.35. The van der Waals surface area contributed by atoms with E-state index in [2.05, 4.69) is 0 Å². The van der Waals surface area contributed by atoms with E-state index in [4.69, 9.17) is 0 Å². The van der Waals surface area contributed by atoms with Gasteiger partial charge in [-0.15, -0.1) is 0 Å². The van der Waals surface area contributed by atoms with Crippen molar-refractivity contribution in [3.8, 4) is 44.5 Å². The topological polar surface area (TPSA) is 0 Å². The molecule has 0 unspecified atom stereocenters. The molecule has 0 radical (unpaired) electrons. The van der Waals surface area contributed by atoms with Gasteiger partial charge in [-0.25, -0.2) is 57.1 Å². The minimum absolute atomic E-state index is 0.0384. The van der Waals surface area contributed by atoms with Crippen LogP contribution >= 0.6 is 0 Å². The second-order valence-corrected chi connectivity index (χ2v) is 11.0. The Morgan fingerprint density at radius 1 is 0.360 bits per heavy atom. The van der Waals surface area contributed by atoms with Crippen molar-refractivity contribution >= 4 is 10.8 Å². The molecule has 50 heavy (non-hydrogen) atoms. The van der Waals surface area contributed by atoms with Crippen LogP contribution in [0.15, 0.2) is 54.6 Å². The molecule has 15 heteroatoms. The summed E-state index contributed by atoms with van der Waals surface area (Å²) in [6, 6.07) is 4.82. The predicted molar refractivity (Wildman–Crippen MR) is 148 cm³/mol. The molecule has 6 aromatic rings. The summed E-state index contributed by atoms with van der Waals surface area (Å²) in [5.74, 6) is -33.7. The van der Waals surface area contributed by atoms with E-state index in [0.29, 0.717) is 18.2 Å². The highest BCUT2D eigenvalue weighted by Crippen LogP contribution is 2.60.